The van der Waals surface area contributed by atoms with Crippen LogP contribution in [0.3, 0.4) is 0 Å². The van der Waals surface area contributed by atoms with Gasteiger partial charge in [0.15, 0.2) is 0 Å². The Hall–Kier alpha value is -1.65. The zero-order chi connectivity index (χ0) is 14.1. The topological polar surface area (TPSA) is 39.2 Å². The third kappa shape index (κ3) is 2.49. The molecule has 3 rings (SSSR count). The Bertz CT molecular complexity index is 720. The summed E-state index contributed by atoms with van der Waals surface area (Å²) in [6.07, 6.45) is 0.512. The summed E-state index contributed by atoms with van der Waals surface area (Å²) in [6, 6.07) is 14.3. The Labute approximate surface area is 124 Å². The molecular formula is C16H13BrFNO. The van der Waals surface area contributed by atoms with Crippen molar-refractivity contribution in [1.29, 1.82) is 0 Å². The smallest absolute Gasteiger partial charge is 0.137 e. The lowest BCUT2D eigenvalue weighted by Crippen LogP contribution is -2.13. The summed E-state index contributed by atoms with van der Waals surface area (Å²) in [6.45, 7) is 0. The van der Waals surface area contributed by atoms with Gasteiger partial charge in [-0.05, 0) is 46.1 Å². The van der Waals surface area contributed by atoms with Crippen LogP contribution in [0.25, 0.3) is 11.0 Å². The second-order valence-corrected chi connectivity index (χ2v) is 5.50. The maximum Gasteiger partial charge on any atom is 0.137 e. The Morgan fingerprint density at radius 2 is 1.95 bits per heavy atom. The molecule has 0 bridgehead atoms. The third-order valence-corrected chi connectivity index (χ3v) is 4.17. The van der Waals surface area contributed by atoms with Crippen LogP contribution in [0.4, 0.5) is 4.39 Å². The minimum Gasteiger partial charge on any atom is -0.459 e. The summed E-state index contributed by atoms with van der Waals surface area (Å²) in [5.74, 6) is 0.432. The van der Waals surface area contributed by atoms with Crippen molar-refractivity contribution >= 4 is 26.9 Å². The van der Waals surface area contributed by atoms with Crippen molar-refractivity contribution in [3.63, 3.8) is 0 Å². The molecular weight excluding hydrogens is 321 g/mol. The van der Waals surface area contributed by atoms with Crippen LogP contribution in [0.2, 0.25) is 0 Å². The van der Waals surface area contributed by atoms with Crippen LogP contribution in [-0.2, 0) is 6.42 Å². The lowest BCUT2D eigenvalue weighted by atomic mass is 10.0. The molecule has 3 aromatic rings. The number of para-hydroxylation sites is 1. The van der Waals surface area contributed by atoms with Gasteiger partial charge >= 0.3 is 0 Å². The van der Waals surface area contributed by atoms with E-state index >= 15 is 0 Å². The van der Waals surface area contributed by atoms with Crippen LogP contribution < -0.4 is 5.73 Å². The molecule has 1 heterocycles. The molecule has 102 valence electrons. The number of benzene rings is 2. The van der Waals surface area contributed by atoms with E-state index in [2.05, 4.69) is 15.9 Å². The van der Waals surface area contributed by atoms with Gasteiger partial charge in [-0.25, -0.2) is 4.39 Å². The molecule has 4 heteroatoms. The standard InChI is InChI=1S/C16H13BrFNO/c17-16-11(5-3-6-12(16)18)8-13(19)15-9-10-4-1-2-7-14(10)20-15/h1-7,9,13H,8,19H2. The molecule has 0 spiro atoms. The maximum atomic E-state index is 13.5. The Balaban J connectivity index is 1.89. The predicted molar refractivity (Wildman–Crippen MR) is 80.9 cm³/mol. The molecule has 2 N–H and O–H groups in total. The van der Waals surface area contributed by atoms with Crippen molar-refractivity contribution < 1.29 is 8.81 Å². The summed E-state index contributed by atoms with van der Waals surface area (Å²) in [4.78, 5) is 0. The molecule has 2 aromatic carbocycles. The summed E-state index contributed by atoms with van der Waals surface area (Å²) < 4.78 is 19.7. The van der Waals surface area contributed by atoms with E-state index < -0.39 is 0 Å². The van der Waals surface area contributed by atoms with Crippen LogP contribution in [0.5, 0.6) is 0 Å². The molecule has 20 heavy (non-hydrogen) atoms. The first-order chi connectivity index (χ1) is 9.65. The van der Waals surface area contributed by atoms with Crippen LogP contribution in [0, 0.1) is 5.82 Å². The molecule has 0 saturated carbocycles. The molecule has 0 amide bonds. The molecule has 0 aliphatic rings. The number of hydrogen-bond acceptors (Lipinski definition) is 2. The maximum absolute atomic E-state index is 13.5. The van der Waals surface area contributed by atoms with Crippen molar-refractivity contribution in [1.82, 2.24) is 0 Å². The predicted octanol–water partition coefficient (Wildman–Crippen LogP) is 4.58. The van der Waals surface area contributed by atoms with E-state index in [0.717, 1.165) is 16.5 Å². The molecule has 0 aliphatic heterocycles. The average Bonchev–Trinajstić information content (AvgIpc) is 2.88. The highest BCUT2D eigenvalue weighted by Crippen LogP contribution is 2.28. The molecule has 0 fully saturated rings. The van der Waals surface area contributed by atoms with Crippen molar-refractivity contribution in [2.75, 3.05) is 0 Å². The van der Waals surface area contributed by atoms with Gasteiger partial charge in [0.1, 0.15) is 17.2 Å². The van der Waals surface area contributed by atoms with Crippen molar-refractivity contribution in [2.24, 2.45) is 5.73 Å². The lowest BCUT2D eigenvalue weighted by Gasteiger charge is -2.10. The van der Waals surface area contributed by atoms with Crippen LogP contribution >= 0.6 is 15.9 Å². The summed E-state index contributed by atoms with van der Waals surface area (Å²) in [5, 5.41) is 1.02. The first kappa shape index (κ1) is 13.3. The van der Waals surface area contributed by atoms with Crippen LogP contribution in [0.1, 0.15) is 17.4 Å². The summed E-state index contributed by atoms with van der Waals surface area (Å²) in [7, 11) is 0. The van der Waals surface area contributed by atoms with Gasteiger partial charge in [0.25, 0.3) is 0 Å². The van der Waals surface area contributed by atoms with Gasteiger partial charge in [0.2, 0.25) is 0 Å². The van der Waals surface area contributed by atoms with Gasteiger partial charge in [0, 0.05) is 5.39 Å². The molecule has 2 nitrogen and oxygen atoms in total. The van der Waals surface area contributed by atoms with E-state index in [0.29, 0.717) is 16.7 Å². The monoisotopic (exact) mass is 333 g/mol. The van der Waals surface area contributed by atoms with Gasteiger partial charge in [0.05, 0.1) is 10.5 Å². The van der Waals surface area contributed by atoms with Gasteiger partial charge in [-0.3, -0.25) is 0 Å². The van der Waals surface area contributed by atoms with Crippen molar-refractivity contribution in [3.05, 3.63) is 70.1 Å². The van der Waals surface area contributed by atoms with Gasteiger partial charge in [-0.2, -0.15) is 0 Å². The van der Waals surface area contributed by atoms with Crippen molar-refractivity contribution in [3.8, 4) is 0 Å². The quantitative estimate of drug-likeness (QED) is 0.762. The SMILES string of the molecule is NC(Cc1cccc(F)c1Br)c1cc2ccccc2o1. The fourth-order valence-electron chi connectivity index (χ4n) is 2.23. The minimum absolute atomic E-state index is 0.278. The molecule has 0 saturated heterocycles. The Kier molecular flexibility index (Phi) is 3.59. The molecule has 0 radical (unpaired) electrons. The van der Waals surface area contributed by atoms with E-state index in [1.807, 2.05) is 36.4 Å². The second-order valence-electron chi connectivity index (χ2n) is 4.71. The molecule has 0 aliphatic carbocycles. The number of nitrogens with two attached hydrogens (primary N) is 1. The number of rotatable bonds is 3. The van der Waals surface area contributed by atoms with Gasteiger partial charge in [-0.1, -0.05) is 30.3 Å². The minimum atomic E-state index is -0.305. The lowest BCUT2D eigenvalue weighted by molar-refractivity contribution is 0.492. The Morgan fingerprint density at radius 1 is 1.15 bits per heavy atom. The largest absolute Gasteiger partial charge is 0.459 e. The highest BCUT2D eigenvalue weighted by Gasteiger charge is 2.15. The number of furan rings is 1. The number of hydrogen-bond donors (Lipinski definition) is 1. The zero-order valence-electron chi connectivity index (χ0n) is 10.6. The summed E-state index contributed by atoms with van der Waals surface area (Å²) >= 11 is 3.25. The van der Waals surface area contributed by atoms with E-state index in [1.54, 1.807) is 6.07 Å². The summed E-state index contributed by atoms with van der Waals surface area (Å²) in [5.41, 5.74) is 7.82. The normalized spacial score (nSPS) is 12.8. The van der Waals surface area contributed by atoms with Gasteiger partial charge < -0.3 is 10.2 Å². The highest BCUT2D eigenvalue weighted by atomic mass is 79.9. The van der Waals surface area contributed by atoms with E-state index in [4.69, 9.17) is 10.2 Å². The fraction of sp³-hybridized carbons (Fsp3) is 0.125. The first-order valence-corrected chi connectivity index (χ1v) is 7.11. The molecule has 1 aromatic heterocycles. The molecule has 1 atom stereocenters. The van der Waals surface area contributed by atoms with E-state index in [1.165, 1.54) is 6.07 Å². The average molecular weight is 334 g/mol. The Morgan fingerprint density at radius 3 is 2.75 bits per heavy atom. The van der Waals surface area contributed by atoms with E-state index in [9.17, 15) is 4.39 Å². The third-order valence-electron chi connectivity index (χ3n) is 3.28. The number of halogens is 2. The highest BCUT2D eigenvalue weighted by molar-refractivity contribution is 9.10. The van der Waals surface area contributed by atoms with Crippen LogP contribution in [-0.4, -0.2) is 0 Å². The second kappa shape index (κ2) is 5.38. The fourth-order valence-corrected chi connectivity index (χ4v) is 2.65. The number of fused-ring (bicyclic) bond motifs is 1. The van der Waals surface area contributed by atoms with Gasteiger partial charge in [-0.15, -0.1) is 0 Å². The first-order valence-electron chi connectivity index (χ1n) is 6.32. The molecule has 1 unspecified atom stereocenters. The van der Waals surface area contributed by atoms with Crippen LogP contribution in [0.15, 0.2) is 57.4 Å². The van der Waals surface area contributed by atoms with E-state index in [-0.39, 0.29) is 11.9 Å². The zero-order valence-corrected chi connectivity index (χ0v) is 12.2. The van der Waals surface area contributed by atoms with Crippen molar-refractivity contribution in [2.45, 2.75) is 12.5 Å².